The normalized spacial score (nSPS) is 10.2. The fourth-order valence-corrected chi connectivity index (χ4v) is 3.30. The van der Waals surface area contributed by atoms with Crippen LogP contribution in [-0.4, -0.2) is 16.5 Å². The van der Waals surface area contributed by atoms with Crippen molar-refractivity contribution >= 4 is 46.7 Å². The van der Waals surface area contributed by atoms with E-state index in [2.05, 4.69) is 11.1 Å². The number of rotatable bonds is 4. The quantitative estimate of drug-likeness (QED) is 0.605. The Morgan fingerprint density at radius 1 is 1.25 bits per heavy atom. The third-order valence-electron chi connectivity index (χ3n) is 1.70. The van der Waals surface area contributed by atoms with Crippen molar-refractivity contribution in [3.63, 3.8) is 0 Å². The monoisotopic (exact) mass is 292 g/mol. The zero-order valence-corrected chi connectivity index (χ0v) is 12.0. The van der Waals surface area contributed by atoms with Gasteiger partial charge in [0.25, 0.3) is 0 Å². The van der Waals surface area contributed by atoms with Gasteiger partial charge in [0.15, 0.2) is 0 Å². The van der Waals surface area contributed by atoms with Gasteiger partial charge in [0.05, 0.1) is 15.5 Å². The van der Waals surface area contributed by atoms with Gasteiger partial charge >= 0.3 is 0 Å². The Morgan fingerprint density at radius 2 is 1.88 bits per heavy atom. The molecule has 0 spiro atoms. The van der Waals surface area contributed by atoms with Gasteiger partial charge in [-0.1, -0.05) is 37.0 Å². The van der Waals surface area contributed by atoms with Crippen LogP contribution in [0.4, 0.5) is 0 Å². The van der Waals surface area contributed by atoms with Gasteiger partial charge in [-0.2, -0.15) is 5.26 Å². The number of halogens is 2. The summed E-state index contributed by atoms with van der Waals surface area (Å²) in [5.41, 5.74) is 0.435. The van der Waals surface area contributed by atoms with E-state index in [9.17, 15) is 0 Å². The second kappa shape index (κ2) is 6.61. The Labute approximate surface area is 114 Å². The van der Waals surface area contributed by atoms with Crippen LogP contribution in [0.2, 0.25) is 10.2 Å². The minimum absolute atomic E-state index is 0.365. The van der Waals surface area contributed by atoms with E-state index < -0.39 is 0 Å². The van der Waals surface area contributed by atoms with Gasteiger partial charge in [0.1, 0.15) is 16.2 Å². The topological polar surface area (TPSA) is 36.7 Å². The molecule has 86 valence electrons. The van der Waals surface area contributed by atoms with E-state index in [1.165, 1.54) is 23.5 Å². The summed E-state index contributed by atoms with van der Waals surface area (Å²) in [5.74, 6) is 1.67. The molecule has 0 amide bonds. The molecule has 0 aromatic carbocycles. The highest BCUT2D eigenvalue weighted by atomic mass is 35.5. The Bertz CT molecular complexity index is 430. The van der Waals surface area contributed by atoms with Crippen LogP contribution < -0.4 is 0 Å². The fourth-order valence-electron chi connectivity index (χ4n) is 1.11. The third-order valence-corrected chi connectivity index (χ3v) is 4.40. The molecule has 1 rings (SSSR count). The maximum atomic E-state index is 9.10. The molecule has 0 unspecified atom stereocenters. The number of hydrogen-bond donors (Lipinski definition) is 0. The second-order valence-corrected chi connectivity index (χ2v) is 5.97. The van der Waals surface area contributed by atoms with Crippen LogP contribution in [0.15, 0.2) is 9.92 Å². The molecule has 0 atom stereocenters. The summed E-state index contributed by atoms with van der Waals surface area (Å²) in [7, 11) is 0. The fraction of sp³-hybridized carbons (Fsp3) is 0.400. The first-order valence-electron chi connectivity index (χ1n) is 4.70. The van der Waals surface area contributed by atoms with Crippen molar-refractivity contribution in [3.05, 3.63) is 15.7 Å². The van der Waals surface area contributed by atoms with Crippen LogP contribution in [0.1, 0.15) is 19.4 Å². The van der Waals surface area contributed by atoms with Crippen LogP contribution >= 0.6 is 46.7 Å². The summed E-state index contributed by atoms with van der Waals surface area (Å²) in [5, 5.41) is 10.5. The smallest absolute Gasteiger partial charge is 0.145 e. The minimum atomic E-state index is 0.365. The van der Waals surface area contributed by atoms with Gasteiger partial charge in [-0.3, -0.25) is 0 Å². The lowest BCUT2D eigenvalue weighted by atomic mass is 10.3. The van der Waals surface area contributed by atoms with E-state index >= 15 is 0 Å². The van der Waals surface area contributed by atoms with Gasteiger partial charge in [0.2, 0.25) is 0 Å². The first-order valence-corrected chi connectivity index (χ1v) is 7.43. The molecule has 0 aliphatic heterocycles. The number of nitrogens with zero attached hydrogens (tertiary/aromatic N) is 2. The summed E-state index contributed by atoms with van der Waals surface area (Å²) >= 11 is 15.1. The number of thioether (sulfide) groups is 2. The van der Waals surface area contributed by atoms with Crippen LogP contribution in [0.25, 0.3) is 0 Å². The zero-order chi connectivity index (χ0) is 12.1. The predicted octanol–water partition coefficient (Wildman–Crippen LogP) is 4.48. The van der Waals surface area contributed by atoms with E-state index in [1.807, 2.05) is 13.8 Å². The molecule has 0 fully saturated rings. The number of aromatic nitrogens is 1. The third kappa shape index (κ3) is 2.98. The van der Waals surface area contributed by atoms with Crippen LogP contribution in [0.5, 0.6) is 0 Å². The molecule has 1 aromatic heterocycles. The maximum Gasteiger partial charge on any atom is 0.145 e. The van der Waals surface area contributed by atoms with Gasteiger partial charge in [-0.25, -0.2) is 4.98 Å². The van der Waals surface area contributed by atoms with Crippen molar-refractivity contribution in [1.29, 1.82) is 5.26 Å². The molecule has 0 N–H and O–H groups in total. The minimum Gasteiger partial charge on any atom is -0.227 e. The molecule has 0 saturated heterocycles. The van der Waals surface area contributed by atoms with E-state index in [1.54, 1.807) is 0 Å². The summed E-state index contributed by atoms with van der Waals surface area (Å²) < 4.78 is 0. The van der Waals surface area contributed by atoms with Crippen LogP contribution in [0, 0.1) is 11.3 Å². The SMILES string of the molecule is CCSc1nc(Cl)c(SCC)c(C#N)c1Cl. The second-order valence-electron chi connectivity index (χ2n) is 2.70. The summed E-state index contributed by atoms with van der Waals surface area (Å²) in [6.07, 6.45) is 0. The summed E-state index contributed by atoms with van der Waals surface area (Å²) in [6.45, 7) is 3.99. The molecular formula is C10H10Cl2N2S2. The van der Waals surface area contributed by atoms with Crippen molar-refractivity contribution in [2.24, 2.45) is 0 Å². The van der Waals surface area contributed by atoms with Crippen molar-refractivity contribution in [2.45, 2.75) is 23.8 Å². The van der Waals surface area contributed by atoms with Crippen LogP contribution in [-0.2, 0) is 0 Å². The Balaban J connectivity index is 3.33. The van der Waals surface area contributed by atoms with E-state index in [-0.39, 0.29) is 0 Å². The van der Waals surface area contributed by atoms with Gasteiger partial charge < -0.3 is 0 Å². The molecule has 0 saturated carbocycles. The summed E-state index contributed by atoms with van der Waals surface area (Å²) in [6, 6.07) is 2.10. The largest absolute Gasteiger partial charge is 0.227 e. The van der Waals surface area contributed by atoms with Crippen molar-refractivity contribution in [2.75, 3.05) is 11.5 Å². The maximum absolute atomic E-state index is 9.10. The molecule has 16 heavy (non-hydrogen) atoms. The van der Waals surface area contributed by atoms with Gasteiger partial charge in [0, 0.05) is 0 Å². The number of hydrogen-bond acceptors (Lipinski definition) is 4. The Hall–Kier alpha value is -0.0800. The highest BCUT2D eigenvalue weighted by Gasteiger charge is 2.17. The number of nitriles is 1. The van der Waals surface area contributed by atoms with E-state index in [0.29, 0.717) is 25.7 Å². The summed E-state index contributed by atoms with van der Waals surface area (Å²) in [4.78, 5) is 4.89. The Morgan fingerprint density at radius 3 is 2.38 bits per heavy atom. The molecule has 1 aromatic rings. The molecule has 0 aliphatic carbocycles. The molecule has 0 radical (unpaired) electrons. The van der Waals surface area contributed by atoms with Crippen LogP contribution in [0.3, 0.4) is 0 Å². The average Bonchev–Trinajstić information content (AvgIpc) is 2.26. The standard InChI is InChI=1S/C10H10Cl2N2S2/c1-3-15-8-6(5-13)7(11)10(16-4-2)14-9(8)12/h3-4H2,1-2H3. The zero-order valence-electron chi connectivity index (χ0n) is 8.88. The van der Waals surface area contributed by atoms with Crippen molar-refractivity contribution in [1.82, 2.24) is 4.98 Å². The molecule has 6 heteroatoms. The average molecular weight is 293 g/mol. The predicted molar refractivity (Wildman–Crippen MR) is 71.8 cm³/mol. The van der Waals surface area contributed by atoms with E-state index in [4.69, 9.17) is 28.5 Å². The molecule has 0 aliphatic rings. The molecule has 0 bridgehead atoms. The molecule has 2 nitrogen and oxygen atoms in total. The van der Waals surface area contributed by atoms with E-state index in [0.717, 1.165) is 11.5 Å². The molecular weight excluding hydrogens is 283 g/mol. The first-order chi connectivity index (χ1) is 7.65. The Kier molecular flexibility index (Phi) is 5.77. The van der Waals surface area contributed by atoms with Gasteiger partial charge in [-0.15, -0.1) is 23.5 Å². The molecule has 1 heterocycles. The highest BCUT2D eigenvalue weighted by Crippen LogP contribution is 2.38. The first kappa shape index (κ1) is 14.0. The lowest BCUT2D eigenvalue weighted by Gasteiger charge is -2.09. The van der Waals surface area contributed by atoms with Crippen molar-refractivity contribution < 1.29 is 0 Å². The van der Waals surface area contributed by atoms with Crippen molar-refractivity contribution in [3.8, 4) is 6.07 Å². The lowest BCUT2D eigenvalue weighted by molar-refractivity contribution is 1.07. The van der Waals surface area contributed by atoms with Gasteiger partial charge in [-0.05, 0) is 11.5 Å². The number of pyridine rings is 1. The lowest BCUT2D eigenvalue weighted by Crippen LogP contribution is -1.93. The highest BCUT2D eigenvalue weighted by molar-refractivity contribution is 7.99.